The third-order valence-electron chi connectivity index (χ3n) is 11.5. The number of carboxylic acids is 1. The van der Waals surface area contributed by atoms with E-state index in [1.165, 1.54) is 0 Å². The lowest BCUT2D eigenvalue weighted by Gasteiger charge is -2.60. The number of hydrogen-bond acceptors (Lipinski definition) is 10. The lowest BCUT2D eigenvalue weighted by Crippen LogP contribution is -2.62. The molecule has 0 spiro atoms. The van der Waals surface area contributed by atoms with Crippen LogP contribution in [0.5, 0.6) is 0 Å². The number of rotatable bonds is 12. The summed E-state index contributed by atoms with van der Waals surface area (Å²) >= 11 is 3.92. The van der Waals surface area contributed by atoms with Crippen molar-refractivity contribution in [2.45, 2.75) is 109 Å². The molecule has 4 aliphatic carbocycles. The Labute approximate surface area is 274 Å². The van der Waals surface area contributed by atoms with Gasteiger partial charge in [-0.3, -0.25) is 24.0 Å². The number of amides is 2. The van der Waals surface area contributed by atoms with Crippen molar-refractivity contribution in [3.63, 3.8) is 0 Å². The second-order valence-corrected chi connectivity index (χ2v) is 14.8. The number of nitrogens with one attached hydrogen (secondary N) is 2. The third kappa shape index (κ3) is 6.64. The van der Waals surface area contributed by atoms with Gasteiger partial charge in [0.15, 0.2) is 12.4 Å². The van der Waals surface area contributed by atoms with E-state index in [9.17, 15) is 39.0 Å². The van der Waals surface area contributed by atoms with Crippen LogP contribution in [0.2, 0.25) is 0 Å². The highest BCUT2D eigenvalue weighted by molar-refractivity contribution is 7.80. The molecule has 256 valence electrons. The minimum absolute atomic E-state index is 0.0186. The molecule has 0 radical (unpaired) electrons. The first-order valence-electron chi connectivity index (χ1n) is 16.2. The summed E-state index contributed by atoms with van der Waals surface area (Å²) in [5.74, 6) is -4.45. The molecule has 4 aliphatic rings. The van der Waals surface area contributed by atoms with E-state index in [1.807, 2.05) is 6.92 Å². The number of esters is 1. The van der Waals surface area contributed by atoms with Gasteiger partial charge in [-0.05, 0) is 73.7 Å². The summed E-state index contributed by atoms with van der Waals surface area (Å²) in [6.45, 7) is 6.66. The highest BCUT2D eigenvalue weighted by atomic mass is 32.1. The van der Waals surface area contributed by atoms with Gasteiger partial charge in [0.05, 0.1) is 12.5 Å². The van der Waals surface area contributed by atoms with Gasteiger partial charge >= 0.3 is 11.9 Å². The van der Waals surface area contributed by atoms with Crippen molar-refractivity contribution in [1.82, 2.24) is 10.6 Å². The summed E-state index contributed by atoms with van der Waals surface area (Å²) in [4.78, 5) is 74.5. The SMILES string of the molecule is CC(C)[C@H](NC(=O)CCC(=O)OCC(=O)[C@@]1(O)CC[C@H]2[C@@H]3CCC4=CC(=O)CC[C@]4(C)[C@H]3[C@H](O)C[C@@]21C)C(=O)N[C@H](CS)C(=O)O. The number of carboxylic acid groups (broad SMARTS) is 1. The zero-order valence-electron chi connectivity index (χ0n) is 27.0. The largest absolute Gasteiger partial charge is 0.480 e. The number of fused-ring (bicyclic) bond motifs is 5. The molecule has 12 nitrogen and oxygen atoms in total. The number of allylic oxidation sites excluding steroid dienone is 1. The molecule has 0 aromatic heterocycles. The van der Waals surface area contributed by atoms with Crippen LogP contribution in [-0.4, -0.2) is 86.8 Å². The van der Waals surface area contributed by atoms with Crippen LogP contribution >= 0.6 is 12.6 Å². The molecule has 0 bridgehead atoms. The lowest BCUT2D eigenvalue weighted by molar-refractivity contribution is -0.184. The highest BCUT2D eigenvalue weighted by Crippen LogP contribution is 2.67. The van der Waals surface area contributed by atoms with E-state index >= 15 is 0 Å². The molecule has 0 saturated heterocycles. The first-order valence-corrected chi connectivity index (χ1v) is 16.9. The van der Waals surface area contributed by atoms with Gasteiger partial charge in [0.2, 0.25) is 17.6 Å². The monoisotopic (exact) mass is 664 g/mol. The molecule has 4 rings (SSSR count). The number of carbonyl (C=O) groups is 6. The number of ketones is 2. The average molecular weight is 665 g/mol. The maximum atomic E-state index is 13.5. The Balaban J connectivity index is 1.33. The van der Waals surface area contributed by atoms with Crippen molar-refractivity contribution in [2.75, 3.05) is 12.4 Å². The van der Waals surface area contributed by atoms with Crippen molar-refractivity contribution in [1.29, 1.82) is 0 Å². The highest BCUT2D eigenvalue weighted by Gasteiger charge is 2.68. The van der Waals surface area contributed by atoms with Crippen molar-refractivity contribution in [2.24, 2.45) is 34.5 Å². The van der Waals surface area contributed by atoms with Crippen LogP contribution in [0.3, 0.4) is 0 Å². The summed E-state index contributed by atoms with van der Waals surface area (Å²) in [6, 6.07) is -2.27. The Morgan fingerprint density at radius 2 is 1.76 bits per heavy atom. The fourth-order valence-corrected chi connectivity index (χ4v) is 9.18. The Morgan fingerprint density at radius 3 is 2.39 bits per heavy atom. The molecule has 5 N–H and O–H groups in total. The molecule has 0 aliphatic heterocycles. The normalized spacial score (nSPS) is 34.7. The molecule has 0 unspecified atom stereocenters. The van der Waals surface area contributed by atoms with Crippen LogP contribution in [0.25, 0.3) is 0 Å². The maximum Gasteiger partial charge on any atom is 0.327 e. The summed E-state index contributed by atoms with van der Waals surface area (Å²) < 4.78 is 5.20. The quantitative estimate of drug-likeness (QED) is 0.132. The molecule has 9 atom stereocenters. The third-order valence-corrected chi connectivity index (χ3v) is 11.9. The molecule has 2 amide bonds. The van der Waals surface area contributed by atoms with E-state index in [0.29, 0.717) is 19.3 Å². The average Bonchev–Trinajstić information content (AvgIpc) is 3.26. The van der Waals surface area contributed by atoms with Crippen LogP contribution in [0, 0.1) is 34.5 Å². The van der Waals surface area contributed by atoms with Crippen molar-refractivity contribution >= 4 is 47.9 Å². The minimum Gasteiger partial charge on any atom is -0.480 e. The molecule has 13 heteroatoms. The van der Waals surface area contributed by atoms with Crippen LogP contribution in [0.1, 0.15) is 85.5 Å². The number of aliphatic hydroxyl groups excluding tert-OH is 1. The number of thiol groups is 1. The molecule has 3 fully saturated rings. The molecule has 46 heavy (non-hydrogen) atoms. The zero-order valence-corrected chi connectivity index (χ0v) is 27.9. The molecular weight excluding hydrogens is 616 g/mol. The zero-order chi connectivity index (χ0) is 34.2. The molecule has 0 aromatic carbocycles. The van der Waals surface area contributed by atoms with Crippen LogP contribution in [0.4, 0.5) is 0 Å². The van der Waals surface area contributed by atoms with Gasteiger partial charge < -0.3 is 30.7 Å². The molecular formula is C33H48N2O10S. The van der Waals surface area contributed by atoms with Gasteiger partial charge in [0, 0.05) is 24.0 Å². The predicted molar refractivity (Wildman–Crippen MR) is 168 cm³/mol. The number of ether oxygens (including phenoxy) is 1. The number of carbonyl (C=O) groups excluding carboxylic acids is 5. The van der Waals surface area contributed by atoms with Gasteiger partial charge in [0.1, 0.15) is 17.7 Å². The second kappa shape index (κ2) is 13.8. The molecule has 0 aromatic rings. The van der Waals surface area contributed by atoms with Gasteiger partial charge in [-0.1, -0.05) is 33.3 Å². The van der Waals surface area contributed by atoms with Gasteiger partial charge in [0.25, 0.3) is 0 Å². The Morgan fingerprint density at radius 1 is 1.07 bits per heavy atom. The second-order valence-electron chi connectivity index (χ2n) is 14.4. The van der Waals surface area contributed by atoms with Gasteiger partial charge in [-0.2, -0.15) is 12.6 Å². The topological polar surface area (TPSA) is 196 Å². The van der Waals surface area contributed by atoms with Crippen LogP contribution in [0.15, 0.2) is 11.6 Å². The van der Waals surface area contributed by atoms with E-state index in [4.69, 9.17) is 9.84 Å². The molecule has 3 saturated carbocycles. The summed E-state index contributed by atoms with van der Waals surface area (Å²) in [5.41, 5.74) is -1.91. The number of aliphatic hydroxyl groups is 2. The standard InChI is InChI=1S/C33H48N2O10S/c1-17(2)28(29(41)34-22(16-46)30(42)43)35-25(39)7-8-26(40)45-15-24(38)33(44)12-10-21-20-6-5-18-13-19(36)9-11-31(18,3)27(20)23(37)14-32(21,33)4/h13,17,20-23,27-28,37,44,46H,5-12,14-16H2,1-4H3,(H,34,41)(H,35,39)(H,42,43)/t20-,21-,22+,23+,27+,28-,31-,32-,33-/m0/s1. The first-order chi connectivity index (χ1) is 21.5. The molecule has 0 heterocycles. The fraction of sp³-hybridized carbons (Fsp3) is 0.758. The summed E-state index contributed by atoms with van der Waals surface area (Å²) in [6.07, 6.45) is 3.94. The van der Waals surface area contributed by atoms with Crippen molar-refractivity contribution in [3.8, 4) is 0 Å². The lowest BCUT2D eigenvalue weighted by atomic mass is 9.45. The van der Waals surface area contributed by atoms with Gasteiger partial charge in [-0.25, -0.2) is 4.79 Å². The number of Topliss-reactive ketones (excluding diaryl/α,β-unsaturated/α-hetero) is 1. The van der Waals surface area contributed by atoms with Crippen LogP contribution in [-0.2, 0) is 33.5 Å². The van der Waals surface area contributed by atoms with Crippen LogP contribution < -0.4 is 10.6 Å². The first kappa shape index (κ1) is 36.1. The smallest absolute Gasteiger partial charge is 0.327 e. The minimum atomic E-state index is -1.79. The number of hydrogen-bond donors (Lipinski definition) is 6. The Bertz CT molecular complexity index is 1300. The maximum absolute atomic E-state index is 13.5. The summed E-state index contributed by atoms with van der Waals surface area (Å²) in [5, 5.41) is 37.4. The van der Waals surface area contributed by atoms with Crippen molar-refractivity contribution < 1.29 is 48.8 Å². The predicted octanol–water partition coefficient (Wildman–Crippen LogP) is 1.75. The van der Waals surface area contributed by atoms with E-state index in [1.54, 1.807) is 19.9 Å². The summed E-state index contributed by atoms with van der Waals surface area (Å²) in [7, 11) is 0. The Hall–Kier alpha value is -2.77. The van der Waals surface area contributed by atoms with E-state index < -0.39 is 65.3 Å². The van der Waals surface area contributed by atoms with E-state index in [-0.39, 0.29) is 66.3 Å². The number of aliphatic carboxylic acids is 1. The Kier molecular flexibility index (Phi) is 10.8. The van der Waals surface area contributed by atoms with E-state index in [0.717, 1.165) is 18.4 Å². The van der Waals surface area contributed by atoms with Crippen molar-refractivity contribution in [3.05, 3.63) is 11.6 Å². The fourth-order valence-electron chi connectivity index (χ4n) is 8.93. The van der Waals surface area contributed by atoms with E-state index in [2.05, 4.69) is 30.2 Å². The van der Waals surface area contributed by atoms with Gasteiger partial charge in [-0.15, -0.1) is 0 Å².